The van der Waals surface area contributed by atoms with Gasteiger partial charge in [-0.2, -0.15) is 0 Å². The van der Waals surface area contributed by atoms with Crippen molar-refractivity contribution in [2.24, 2.45) is 7.05 Å². The highest BCUT2D eigenvalue weighted by molar-refractivity contribution is 6.31. The Bertz CT molecular complexity index is 498. The van der Waals surface area contributed by atoms with Crippen LogP contribution in [0, 0.1) is 0 Å². The summed E-state index contributed by atoms with van der Waals surface area (Å²) < 4.78 is 1.94. The van der Waals surface area contributed by atoms with Crippen LogP contribution < -0.4 is 0 Å². The fraction of sp³-hybridized carbons (Fsp3) is 0.333. The zero-order valence-electron chi connectivity index (χ0n) is 9.55. The Morgan fingerprint density at radius 1 is 1.41 bits per heavy atom. The van der Waals surface area contributed by atoms with Crippen molar-refractivity contribution in [2.75, 3.05) is 0 Å². The molecule has 0 saturated heterocycles. The third-order valence-corrected chi connectivity index (χ3v) is 2.98. The van der Waals surface area contributed by atoms with Gasteiger partial charge < -0.3 is 9.67 Å². The number of hydrogen-bond acceptors (Lipinski definition) is 3. The fourth-order valence-corrected chi connectivity index (χ4v) is 1.93. The van der Waals surface area contributed by atoms with E-state index in [2.05, 4.69) is 9.97 Å². The Morgan fingerprint density at radius 3 is 2.88 bits per heavy atom. The summed E-state index contributed by atoms with van der Waals surface area (Å²) in [7, 11) is 1.93. The van der Waals surface area contributed by atoms with Gasteiger partial charge in [0, 0.05) is 32.1 Å². The first kappa shape index (κ1) is 12.1. The second-order valence-corrected chi connectivity index (χ2v) is 4.29. The lowest BCUT2D eigenvalue weighted by Gasteiger charge is -2.11. The van der Waals surface area contributed by atoms with Gasteiger partial charge in [0.1, 0.15) is 5.82 Å². The number of rotatable bonds is 4. The number of aryl methyl sites for hydroxylation is 2. The second kappa shape index (κ2) is 5.29. The molecular weight excluding hydrogens is 238 g/mol. The second-order valence-electron chi connectivity index (χ2n) is 3.88. The Kier molecular flexibility index (Phi) is 3.76. The largest absolute Gasteiger partial charge is 0.387 e. The summed E-state index contributed by atoms with van der Waals surface area (Å²) in [6, 6.07) is 3.48. The van der Waals surface area contributed by atoms with Crippen molar-refractivity contribution in [3.63, 3.8) is 0 Å². The first-order valence-electron chi connectivity index (χ1n) is 5.43. The summed E-state index contributed by atoms with van der Waals surface area (Å²) in [6.45, 7) is 0. The van der Waals surface area contributed by atoms with E-state index in [1.807, 2.05) is 17.8 Å². The van der Waals surface area contributed by atoms with Crippen LogP contribution in [0.15, 0.2) is 30.7 Å². The molecular formula is C12H14ClN3O. The topological polar surface area (TPSA) is 50.9 Å². The maximum atomic E-state index is 10.0. The average molecular weight is 252 g/mol. The van der Waals surface area contributed by atoms with E-state index >= 15 is 0 Å². The normalized spacial score (nSPS) is 12.6. The molecule has 90 valence electrons. The number of aromatic nitrogens is 3. The summed E-state index contributed by atoms with van der Waals surface area (Å²) in [5, 5.41) is 10.5. The van der Waals surface area contributed by atoms with Crippen LogP contribution >= 0.6 is 11.6 Å². The molecule has 5 heteroatoms. The molecule has 0 spiro atoms. The molecule has 0 aliphatic carbocycles. The summed E-state index contributed by atoms with van der Waals surface area (Å²) in [5.74, 6) is 0.941. The fourth-order valence-electron chi connectivity index (χ4n) is 1.68. The smallest absolute Gasteiger partial charge is 0.108 e. The molecule has 1 atom stereocenters. The molecule has 2 aromatic rings. The van der Waals surface area contributed by atoms with Gasteiger partial charge in [-0.05, 0) is 18.6 Å². The zero-order valence-corrected chi connectivity index (χ0v) is 10.3. The predicted octanol–water partition coefficient (Wildman–Crippen LogP) is 2.13. The van der Waals surface area contributed by atoms with E-state index in [4.69, 9.17) is 11.6 Å². The Labute approximate surface area is 105 Å². The summed E-state index contributed by atoms with van der Waals surface area (Å²) in [5.41, 5.74) is 0.531. The maximum absolute atomic E-state index is 10.0. The van der Waals surface area contributed by atoms with E-state index in [1.165, 1.54) is 0 Å². The van der Waals surface area contributed by atoms with Crippen LogP contribution in [-0.4, -0.2) is 19.6 Å². The molecule has 4 nitrogen and oxygen atoms in total. The zero-order chi connectivity index (χ0) is 12.3. The summed E-state index contributed by atoms with van der Waals surface area (Å²) in [6.07, 6.45) is 5.86. The lowest BCUT2D eigenvalue weighted by atomic mass is 10.1. The van der Waals surface area contributed by atoms with E-state index in [1.54, 1.807) is 24.5 Å². The number of imidazole rings is 1. The Hall–Kier alpha value is -1.39. The number of aliphatic hydroxyl groups is 1. The number of nitrogens with zero attached hydrogens (tertiary/aromatic N) is 3. The van der Waals surface area contributed by atoms with Gasteiger partial charge in [0.25, 0.3) is 0 Å². The van der Waals surface area contributed by atoms with Gasteiger partial charge in [-0.1, -0.05) is 11.6 Å². The van der Waals surface area contributed by atoms with Crippen LogP contribution in [0.4, 0.5) is 0 Å². The first-order chi connectivity index (χ1) is 8.18. The molecule has 0 aliphatic heterocycles. The molecule has 1 unspecified atom stereocenters. The molecule has 0 fully saturated rings. The van der Waals surface area contributed by atoms with E-state index in [0.29, 0.717) is 23.6 Å². The number of aliphatic hydroxyl groups excluding tert-OH is 1. The van der Waals surface area contributed by atoms with Crippen LogP contribution in [0.1, 0.15) is 24.0 Å². The van der Waals surface area contributed by atoms with Gasteiger partial charge in [-0.3, -0.25) is 4.98 Å². The summed E-state index contributed by atoms with van der Waals surface area (Å²) >= 11 is 5.97. The van der Waals surface area contributed by atoms with Crippen molar-refractivity contribution in [1.29, 1.82) is 0 Å². The Balaban J connectivity index is 2.01. The van der Waals surface area contributed by atoms with Crippen LogP contribution in [0.25, 0.3) is 0 Å². The van der Waals surface area contributed by atoms with Crippen LogP contribution in [0.2, 0.25) is 5.02 Å². The molecule has 1 N–H and O–H groups in total. The van der Waals surface area contributed by atoms with Crippen molar-refractivity contribution in [2.45, 2.75) is 18.9 Å². The van der Waals surface area contributed by atoms with Crippen LogP contribution in [0.3, 0.4) is 0 Å². The molecule has 2 aromatic heterocycles. The lowest BCUT2D eigenvalue weighted by Crippen LogP contribution is -2.05. The summed E-state index contributed by atoms with van der Waals surface area (Å²) in [4.78, 5) is 8.29. The SMILES string of the molecule is Cn1ccnc1CCC(O)c1ncccc1Cl. The number of halogens is 1. The third-order valence-electron chi connectivity index (χ3n) is 2.66. The van der Waals surface area contributed by atoms with Crippen molar-refractivity contribution < 1.29 is 5.11 Å². The van der Waals surface area contributed by atoms with Crippen molar-refractivity contribution in [1.82, 2.24) is 14.5 Å². The Morgan fingerprint density at radius 2 is 2.24 bits per heavy atom. The highest BCUT2D eigenvalue weighted by Gasteiger charge is 2.13. The minimum atomic E-state index is -0.652. The van der Waals surface area contributed by atoms with E-state index in [-0.39, 0.29) is 0 Å². The van der Waals surface area contributed by atoms with E-state index < -0.39 is 6.10 Å². The molecule has 0 aliphatic rings. The number of pyridine rings is 1. The lowest BCUT2D eigenvalue weighted by molar-refractivity contribution is 0.162. The third kappa shape index (κ3) is 2.84. The average Bonchev–Trinajstić information content (AvgIpc) is 2.72. The monoisotopic (exact) mass is 251 g/mol. The van der Waals surface area contributed by atoms with Gasteiger partial charge >= 0.3 is 0 Å². The minimum absolute atomic E-state index is 0.500. The molecule has 2 rings (SSSR count). The van der Waals surface area contributed by atoms with Gasteiger partial charge in [0.05, 0.1) is 16.8 Å². The van der Waals surface area contributed by atoms with Crippen LogP contribution in [0.5, 0.6) is 0 Å². The van der Waals surface area contributed by atoms with Gasteiger partial charge in [0.15, 0.2) is 0 Å². The van der Waals surface area contributed by atoms with Crippen molar-refractivity contribution in [3.05, 3.63) is 47.3 Å². The quantitative estimate of drug-likeness (QED) is 0.906. The molecule has 17 heavy (non-hydrogen) atoms. The molecule has 0 saturated carbocycles. The molecule has 0 radical (unpaired) electrons. The molecule has 2 heterocycles. The van der Waals surface area contributed by atoms with E-state index in [9.17, 15) is 5.11 Å². The first-order valence-corrected chi connectivity index (χ1v) is 5.81. The van der Waals surface area contributed by atoms with Crippen molar-refractivity contribution >= 4 is 11.6 Å². The van der Waals surface area contributed by atoms with Gasteiger partial charge in [-0.25, -0.2) is 4.98 Å². The van der Waals surface area contributed by atoms with Crippen molar-refractivity contribution in [3.8, 4) is 0 Å². The highest BCUT2D eigenvalue weighted by Crippen LogP contribution is 2.23. The molecule has 0 bridgehead atoms. The van der Waals surface area contributed by atoms with Crippen LogP contribution in [-0.2, 0) is 13.5 Å². The van der Waals surface area contributed by atoms with Gasteiger partial charge in [0.2, 0.25) is 0 Å². The maximum Gasteiger partial charge on any atom is 0.108 e. The minimum Gasteiger partial charge on any atom is -0.387 e. The number of hydrogen-bond donors (Lipinski definition) is 1. The standard InChI is InChI=1S/C12H14ClN3O/c1-16-8-7-14-11(16)5-4-10(17)12-9(13)3-2-6-15-12/h2-3,6-8,10,17H,4-5H2,1H3. The predicted molar refractivity (Wildman–Crippen MR) is 65.7 cm³/mol. The van der Waals surface area contributed by atoms with E-state index in [0.717, 1.165) is 5.82 Å². The molecule has 0 aromatic carbocycles. The highest BCUT2D eigenvalue weighted by atomic mass is 35.5. The van der Waals surface area contributed by atoms with Gasteiger partial charge in [-0.15, -0.1) is 0 Å². The molecule has 0 amide bonds.